The van der Waals surface area contributed by atoms with Crippen molar-refractivity contribution >= 4 is 28.2 Å². The summed E-state index contributed by atoms with van der Waals surface area (Å²) >= 11 is 0. The van der Waals surface area contributed by atoms with E-state index < -0.39 is 12.0 Å². The molecule has 0 radical (unpaired) electrons. The Hall–Kier alpha value is -3.50. The van der Waals surface area contributed by atoms with Crippen LogP contribution in [-0.4, -0.2) is 55.7 Å². The maximum atomic E-state index is 14.9. The number of anilines is 2. The Labute approximate surface area is 195 Å². The normalized spacial score (nSPS) is 19.0. The number of hydrogen-bond donors (Lipinski definition) is 1. The van der Waals surface area contributed by atoms with Gasteiger partial charge in [0.2, 0.25) is 5.95 Å². The number of alkyl halides is 1. The molecule has 0 aliphatic carbocycles. The molecule has 1 aromatic carbocycles. The van der Waals surface area contributed by atoms with Gasteiger partial charge in [0.05, 0.1) is 23.9 Å². The first-order valence-corrected chi connectivity index (χ1v) is 11.4. The lowest BCUT2D eigenvalue weighted by atomic mass is 9.95. The zero-order chi connectivity index (χ0) is 24.1. The van der Waals surface area contributed by atoms with Gasteiger partial charge in [0, 0.05) is 37.8 Å². The number of halogens is 2. The Kier molecular flexibility index (Phi) is 5.49. The van der Waals surface area contributed by atoms with Gasteiger partial charge in [0.1, 0.15) is 23.3 Å². The minimum atomic E-state index is -1.05. The average Bonchev–Trinajstić information content (AvgIpc) is 3.37. The standard InChI is InChI=1S/C23H28F2N8O/c1-12(2)8-32-11-18(13(3)29-32)31-9-14(5-16(25)10-31)21-28-22-17-6-15(24)7-19(34-4)20(17)27-23(26)33(22)30-21/h6-7,11-12,14,16H,5,8-10H2,1-4H3,(H2,26,27)/t14-,16+/m1/s1. The molecule has 1 aliphatic heterocycles. The molecular weight excluding hydrogens is 442 g/mol. The van der Waals surface area contributed by atoms with Gasteiger partial charge in [0.25, 0.3) is 0 Å². The Morgan fingerprint density at radius 2 is 2.00 bits per heavy atom. The van der Waals surface area contributed by atoms with Crippen LogP contribution in [0.2, 0.25) is 0 Å². The van der Waals surface area contributed by atoms with Gasteiger partial charge >= 0.3 is 0 Å². The van der Waals surface area contributed by atoms with Crippen LogP contribution in [0.15, 0.2) is 18.3 Å². The van der Waals surface area contributed by atoms with Gasteiger partial charge in [-0.2, -0.15) is 9.61 Å². The van der Waals surface area contributed by atoms with Crippen LogP contribution in [0.3, 0.4) is 0 Å². The quantitative estimate of drug-likeness (QED) is 0.477. The molecule has 9 nitrogen and oxygen atoms in total. The summed E-state index contributed by atoms with van der Waals surface area (Å²) < 4.78 is 37.7. The first-order valence-electron chi connectivity index (χ1n) is 11.4. The van der Waals surface area contributed by atoms with E-state index in [4.69, 9.17) is 10.5 Å². The first kappa shape index (κ1) is 22.3. The number of hydrogen-bond acceptors (Lipinski definition) is 7. The second-order valence-electron chi connectivity index (χ2n) is 9.33. The highest BCUT2D eigenvalue weighted by Crippen LogP contribution is 2.34. The average molecular weight is 471 g/mol. The molecule has 0 unspecified atom stereocenters. The van der Waals surface area contributed by atoms with Gasteiger partial charge in [-0.25, -0.2) is 18.7 Å². The molecule has 1 aliphatic rings. The molecular formula is C23H28F2N8O. The van der Waals surface area contributed by atoms with Gasteiger partial charge in [-0.3, -0.25) is 4.68 Å². The molecule has 5 rings (SSSR count). The van der Waals surface area contributed by atoms with Crippen molar-refractivity contribution < 1.29 is 13.5 Å². The first-order chi connectivity index (χ1) is 16.2. The van der Waals surface area contributed by atoms with Gasteiger partial charge < -0.3 is 15.4 Å². The molecule has 2 atom stereocenters. The number of methoxy groups -OCH3 is 1. The van der Waals surface area contributed by atoms with Crippen molar-refractivity contribution in [1.82, 2.24) is 29.4 Å². The van der Waals surface area contributed by atoms with Crippen molar-refractivity contribution in [2.75, 3.05) is 30.8 Å². The highest BCUT2D eigenvalue weighted by molar-refractivity contribution is 5.95. The smallest absolute Gasteiger partial charge is 0.223 e. The molecule has 0 saturated carbocycles. The zero-order valence-corrected chi connectivity index (χ0v) is 19.7. The number of ether oxygens (including phenoxy) is 1. The Balaban J connectivity index is 1.53. The summed E-state index contributed by atoms with van der Waals surface area (Å²) in [4.78, 5) is 11.0. The van der Waals surface area contributed by atoms with Crippen LogP contribution in [0.4, 0.5) is 20.4 Å². The fraction of sp³-hybridized carbons (Fsp3) is 0.478. The fourth-order valence-corrected chi connectivity index (χ4v) is 4.72. The number of aryl methyl sites for hydroxylation is 1. The van der Waals surface area contributed by atoms with E-state index in [1.807, 2.05) is 22.7 Å². The van der Waals surface area contributed by atoms with Gasteiger partial charge in [-0.1, -0.05) is 13.8 Å². The fourth-order valence-electron chi connectivity index (χ4n) is 4.72. The molecule has 2 N–H and O–H groups in total. The summed E-state index contributed by atoms with van der Waals surface area (Å²) in [5.41, 5.74) is 8.67. The van der Waals surface area contributed by atoms with Crippen LogP contribution >= 0.6 is 0 Å². The zero-order valence-electron chi connectivity index (χ0n) is 19.7. The van der Waals surface area contributed by atoms with Crippen LogP contribution in [0, 0.1) is 18.7 Å². The lowest BCUT2D eigenvalue weighted by Gasteiger charge is -2.34. The summed E-state index contributed by atoms with van der Waals surface area (Å²) in [5, 5.41) is 9.57. The topological polar surface area (TPSA) is 99.4 Å². The van der Waals surface area contributed by atoms with E-state index in [0.29, 0.717) is 34.8 Å². The molecule has 0 bridgehead atoms. The summed E-state index contributed by atoms with van der Waals surface area (Å²) in [6.45, 7) is 7.82. The van der Waals surface area contributed by atoms with Crippen LogP contribution in [-0.2, 0) is 6.54 Å². The number of rotatable bonds is 5. The highest BCUT2D eigenvalue weighted by atomic mass is 19.1. The number of aromatic nitrogens is 6. The third kappa shape index (κ3) is 3.88. The van der Waals surface area contributed by atoms with Crippen molar-refractivity contribution in [2.45, 2.75) is 45.8 Å². The number of fused-ring (bicyclic) bond motifs is 3. The van der Waals surface area contributed by atoms with Crippen LogP contribution in [0.1, 0.15) is 37.7 Å². The summed E-state index contributed by atoms with van der Waals surface area (Å²) in [6, 6.07) is 2.58. The highest BCUT2D eigenvalue weighted by Gasteiger charge is 2.33. The van der Waals surface area contributed by atoms with E-state index >= 15 is 0 Å². The van der Waals surface area contributed by atoms with E-state index in [1.165, 1.54) is 23.8 Å². The molecule has 11 heteroatoms. The molecule has 4 heterocycles. The molecule has 180 valence electrons. The third-order valence-electron chi connectivity index (χ3n) is 6.15. The second-order valence-corrected chi connectivity index (χ2v) is 9.33. The molecule has 34 heavy (non-hydrogen) atoms. The second kappa shape index (κ2) is 8.37. The predicted octanol–water partition coefficient (Wildman–Crippen LogP) is 3.50. The number of nitrogens with two attached hydrogens (primary N) is 1. The van der Waals surface area contributed by atoms with Crippen LogP contribution in [0.25, 0.3) is 16.6 Å². The number of benzene rings is 1. The number of nitrogens with zero attached hydrogens (tertiary/aromatic N) is 7. The summed E-state index contributed by atoms with van der Waals surface area (Å²) in [6.07, 6.45) is 1.21. The third-order valence-corrected chi connectivity index (χ3v) is 6.15. The number of nitrogen functional groups attached to an aromatic ring is 1. The van der Waals surface area contributed by atoms with Crippen LogP contribution in [0.5, 0.6) is 5.75 Å². The molecule has 1 saturated heterocycles. The van der Waals surface area contributed by atoms with Crippen molar-refractivity contribution in [3.8, 4) is 5.75 Å². The van der Waals surface area contributed by atoms with E-state index in [2.05, 4.69) is 34.0 Å². The van der Waals surface area contributed by atoms with Gasteiger partial charge in [-0.15, -0.1) is 5.10 Å². The minimum absolute atomic E-state index is 0.0985. The van der Waals surface area contributed by atoms with E-state index in [9.17, 15) is 8.78 Å². The Bertz CT molecular complexity index is 1360. The van der Waals surface area contributed by atoms with E-state index in [0.717, 1.165) is 17.9 Å². The van der Waals surface area contributed by atoms with Crippen molar-refractivity contribution in [2.24, 2.45) is 5.92 Å². The number of piperidine rings is 1. The van der Waals surface area contributed by atoms with Crippen molar-refractivity contribution in [3.05, 3.63) is 35.7 Å². The van der Waals surface area contributed by atoms with Gasteiger partial charge in [0.15, 0.2) is 11.5 Å². The maximum Gasteiger partial charge on any atom is 0.223 e. The summed E-state index contributed by atoms with van der Waals surface area (Å²) in [7, 11) is 1.44. The van der Waals surface area contributed by atoms with E-state index in [1.54, 1.807) is 0 Å². The SMILES string of the molecule is COc1cc(F)cc2c1nc(N)n1nc([C@@H]3C[C@H](F)CN(c4cn(CC(C)C)nc4C)C3)nc21. The van der Waals surface area contributed by atoms with Crippen molar-refractivity contribution in [3.63, 3.8) is 0 Å². The monoisotopic (exact) mass is 470 g/mol. The molecule has 4 aromatic rings. The van der Waals surface area contributed by atoms with E-state index in [-0.39, 0.29) is 30.6 Å². The minimum Gasteiger partial charge on any atom is -0.494 e. The molecule has 0 spiro atoms. The maximum absolute atomic E-state index is 14.9. The lowest BCUT2D eigenvalue weighted by Crippen LogP contribution is -2.41. The summed E-state index contributed by atoms with van der Waals surface area (Å²) in [5.74, 6) is 0.501. The Morgan fingerprint density at radius 1 is 1.21 bits per heavy atom. The van der Waals surface area contributed by atoms with Crippen LogP contribution < -0.4 is 15.4 Å². The predicted molar refractivity (Wildman–Crippen MR) is 125 cm³/mol. The lowest BCUT2D eigenvalue weighted by molar-refractivity contribution is 0.264. The van der Waals surface area contributed by atoms with Crippen molar-refractivity contribution in [1.29, 1.82) is 0 Å². The largest absolute Gasteiger partial charge is 0.494 e. The molecule has 3 aromatic heterocycles. The molecule has 1 fully saturated rings. The van der Waals surface area contributed by atoms with Gasteiger partial charge in [-0.05, 0) is 25.3 Å². The Morgan fingerprint density at radius 3 is 2.74 bits per heavy atom. The molecule has 0 amide bonds.